The van der Waals surface area contributed by atoms with Crippen molar-refractivity contribution in [2.24, 2.45) is 7.05 Å². The summed E-state index contributed by atoms with van der Waals surface area (Å²) in [6, 6.07) is 0. The molecule has 1 saturated heterocycles. The highest BCUT2D eigenvalue weighted by Gasteiger charge is 2.34. The molecule has 1 aliphatic heterocycles. The number of rotatable bonds is 4. The Bertz CT molecular complexity index is 674. The Balaban J connectivity index is 1.61. The first-order valence-corrected chi connectivity index (χ1v) is 7.55. The normalized spacial score (nSPS) is 21.2. The SMILES string of the molecule is Cn1cnc(C(=O)NCC2(O)CCCN(c3cnccn3)C2)c1. The van der Waals surface area contributed by atoms with Gasteiger partial charge in [-0.25, -0.2) is 9.97 Å². The Labute approximate surface area is 134 Å². The number of hydrogen-bond acceptors (Lipinski definition) is 6. The zero-order chi connectivity index (χ0) is 16.3. The van der Waals surface area contributed by atoms with Crippen molar-refractivity contribution in [3.8, 4) is 0 Å². The fourth-order valence-corrected chi connectivity index (χ4v) is 2.77. The van der Waals surface area contributed by atoms with Crippen molar-refractivity contribution in [1.82, 2.24) is 24.8 Å². The van der Waals surface area contributed by atoms with E-state index in [1.54, 1.807) is 42.7 Å². The zero-order valence-corrected chi connectivity index (χ0v) is 13.0. The molecule has 1 aliphatic rings. The van der Waals surface area contributed by atoms with E-state index in [1.165, 1.54) is 0 Å². The number of β-amino-alcohol motifs (C(OH)–C–C–N with tert-alkyl or cyclic N) is 1. The minimum absolute atomic E-state index is 0.180. The Morgan fingerprint density at radius 2 is 2.30 bits per heavy atom. The molecule has 122 valence electrons. The van der Waals surface area contributed by atoms with E-state index in [1.807, 2.05) is 4.90 Å². The van der Waals surface area contributed by atoms with Crippen LogP contribution in [0.1, 0.15) is 23.3 Å². The summed E-state index contributed by atoms with van der Waals surface area (Å²) in [6.45, 7) is 1.41. The zero-order valence-electron chi connectivity index (χ0n) is 13.0. The Morgan fingerprint density at radius 1 is 1.43 bits per heavy atom. The lowest BCUT2D eigenvalue weighted by atomic mass is 9.92. The van der Waals surface area contributed by atoms with Crippen molar-refractivity contribution in [3.05, 3.63) is 36.8 Å². The van der Waals surface area contributed by atoms with Crippen LogP contribution in [-0.2, 0) is 7.05 Å². The van der Waals surface area contributed by atoms with Crippen LogP contribution in [-0.4, -0.2) is 55.8 Å². The van der Waals surface area contributed by atoms with E-state index in [9.17, 15) is 9.90 Å². The van der Waals surface area contributed by atoms with Gasteiger partial charge < -0.3 is 19.9 Å². The maximum Gasteiger partial charge on any atom is 0.271 e. The second-order valence-corrected chi connectivity index (χ2v) is 5.92. The lowest BCUT2D eigenvalue weighted by molar-refractivity contribution is 0.0253. The summed E-state index contributed by atoms with van der Waals surface area (Å²) in [4.78, 5) is 26.4. The molecule has 8 nitrogen and oxygen atoms in total. The van der Waals surface area contributed by atoms with Crippen LogP contribution in [0, 0.1) is 0 Å². The maximum atomic E-state index is 12.1. The minimum Gasteiger partial charge on any atom is -0.386 e. The first kappa shape index (κ1) is 15.4. The molecule has 1 amide bonds. The summed E-state index contributed by atoms with van der Waals surface area (Å²) in [5.74, 6) is 0.456. The van der Waals surface area contributed by atoms with Gasteiger partial charge in [-0.3, -0.25) is 9.78 Å². The van der Waals surface area contributed by atoms with Gasteiger partial charge in [0.2, 0.25) is 0 Å². The predicted octanol–water partition coefficient (Wildman–Crippen LogP) is -0.0286. The number of aliphatic hydroxyl groups is 1. The van der Waals surface area contributed by atoms with Crippen LogP contribution in [0.5, 0.6) is 0 Å². The highest BCUT2D eigenvalue weighted by molar-refractivity contribution is 5.92. The number of carbonyl (C=O) groups is 1. The quantitative estimate of drug-likeness (QED) is 0.822. The molecule has 0 radical (unpaired) electrons. The monoisotopic (exact) mass is 316 g/mol. The van der Waals surface area contributed by atoms with Gasteiger partial charge in [-0.2, -0.15) is 0 Å². The van der Waals surface area contributed by atoms with Gasteiger partial charge in [0.05, 0.1) is 18.1 Å². The molecule has 0 saturated carbocycles. The molecule has 3 rings (SSSR count). The number of hydrogen-bond donors (Lipinski definition) is 2. The number of aryl methyl sites for hydroxylation is 1. The molecule has 1 fully saturated rings. The number of carbonyl (C=O) groups excluding carboxylic acids is 1. The molecule has 2 aromatic rings. The molecular weight excluding hydrogens is 296 g/mol. The van der Waals surface area contributed by atoms with Crippen molar-refractivity contribution in [3.63, 3.8) is 0 Å². The lowest BCUT2D eigenvalue weighted by Crippen LogP contribution is -2.54. The number of piperidine rings is 1. The molecule has 1 atom stereocenters. The number of aromatic nitrogens is 4. The molecule has 2 N–H and O–H groups in total. The fraction of sp³-hybridized carbons (Fsp3) is 0.467. The van der Waals surface area contributed by atoms with Gasteiger partial charge in [0, 0.05) is 45.3 Å². The van der Waals surface area contributed by atoms with Gasteiger partial charge in [-0.1, -0.05) is 0 Å². The van der Waals surface area contributed by atoms with Crippen molar-refractivity contribution in [2.75, 3.05) is 24.5 Å². The van der Waals surface area contributed by atoms with Gasteiger partial charge in [-0.15, -0.1) is 0 Å². The Morgan fingerprint density at radius 3 is 3.00 bits per heavy atom. The molecule has 23 heavy (non-hydrogen) atoms. The number of imidazole rings is 1. The van der Waals surface area contributed by atoms with Crippen molar-refractivity contribution < 1.29 is 9.90 Å². The van der Waals surface area contributed by atoms with E-state index in [4.69, 9.17) is 0 Å². The molecule has 1 unspecified atom stereocenters. The Hall–Kier alpha value is -2.48. The third-order valence-electron chi connectivity index (χ3n) is 3.94. The van der Waals surface area contributed by atoms with Gasteiger partial charge in [-0.05, 0) is 12.8 Å². The molecule has 0 aliphatic carbocycles. The predicted molar refractivity (Wildman–Crippen MR) is 84.0 cm³/mol. The van der Waals surface area contributed by atoms with E-state index in [-0.39, 0.29) is 12.5 Å². The van der Waals surface area contributed by atoms with Gasteiger partial charge in [0.25, 0.3) is 5.91 Å². The van der Waals surface area contributed by atoms with Crippen LogP contribution >= 0.6 is 0 Å². The number of amides is 1. The number of anilines is 1. The largest absolute Gasteiger partial charge is 0.386 e. The summed E-state index contributed by atoms with van der Waals surface area (Å²) < 4.78 is 1.71. The lowest BCUT2D eigenvalue weighted by Gasteiger charge is -2.39. The van der Waals surface area contributed by atoms with Crippen molar-refractivity contribution in [2.45, 2.75) is 18.4 Å². The van der Waals surface area contributed by atoms with E-state index >= 15 is 0 Å². The second-order valence-electron chi connectivity index (χ2n) is 5.92. The molecule has 0 aromatic carbocycles. The van der Waals surface area contributed by atoms with Crippen LogP contribution in [0.2, 0.25) is 0 Å². The molecule has 2 aromatic heterocycles. The van der Waals surface area contributed by atoms with Gasteiger partial charge >= 0.3 is 0 Å². The van der Waals surface area contributed by atoms with Crippen LogP contribution in [0.15, 0.2) is 31.1 Å². The molecular formula is C15H20N6O2. The summed E-state index contributed by atoms with van der Waals surface area (Å²) in [5.41, 5.74) is -0.641. The van der Waals surface area contributed by atoms with Crippen LogP contribution in [0.25, 0.3) is 0 Å². The first-order chi connectivity index (χ1) is 11.1. The van der Waals surface area contributed by atoms with E-state index in [0.29, 0.717) is 18.7 Å². The average molecular weight is 316 g/mol. The summed E-state index contributed by atoms with van der Waals surface area (Å²) in [7, 11) is 1.80. The molecule has 8 heteroatoms. The van der Waals surface area contributed by atoms with Crippen LogP contribution in [0.4, 0.5) is 5.82 Å². The smallest absolute Gasteiger partial charge is 0.271 e. The van der Waals surface area contributed by atoms with Crippen molar-refractivity contribution in [1.29, 1.82) is 0 Å². The van der Waals surface area contributed by atoms with Crippen LogP contribution in [0.3, 0.4) is 0 Å². The maximum absolute atomic E-state index is 12.1. The van der Waals surface area contributed by atoms with Crippen molar-refractivity contribution >= 4 is 11.7 Å². The number of nitrogens with zero attached hydrogens (tertiary/aromatic N) is 5. The standard InChI is InChI=1S/C15H20N6O2/c1-20-8-12(19-11-20)14(22)18-9-15(23)3-2-6-21(10-15)13-7-16-4-5-17-13/h4-5,7-8,11,23H,2-3,6,9-10H2,1H3,(H,18,22). The molecule has 0 bridgehead atoms. The number of nitrogens with one attached hydrogen (secondary N) is 1. The Kier molecular flexibility index (Phi) is 4.24. The minimum atomic E-state index is -0.986. The highest BCUT2D eigenvalue weighted by atomic mass is 16.3. The average Bonchev–Trinajstić information content (AvgIpc) is 3.00. The summed E-state index contributed by atoms with van der Waals surface area (Å²) in [5, 5.41) is 13.5. The topological polar surface area (TPSA) is 96.2 Å². The molecule has 3 heterocycles. The van der Waals surface area contributed by atoms with E-state index < -0.39 is 5.60 Å². The molecule has 0 spiro atoms. The van der Waals surface area contributed by atoms with Gasteiger partial charge in [0.15, 0.2) is 0 Å². The van der Waals surface area contributed by atoms with Crippen LogP contribution < -0.4 is 10.2 Å². The fourth-order valence-electron chi connectivity index (χ4n) is 2.77. The summed E-state index contributed by atoms with van der Waals surface area (Å²) >= 11 is 0. The highest BCUT2D eigenvalue weighted by Crippen LogP contribution is 2.23. The third-order valence-corrected chi connectivity index (χ3v) is 3.94. The van der Waals surface area contributed by atoms with Gasteiger partial charge in [0.1, 0.15) is 11.5 Å². The third kappa shape index (κ3) is 3.65. The van der Waals surface area contributed by atoms with E-state index in [2.05, 4.69) is 20.3 Å². The summed E-state index contributed by atoms with van der Waals surface area (Å²) in [6.07, 6.45) is 9.60. The first-order valence-electron chi connectivity index (χ1n) is 7.55. The second kappa shape index (κ2) is 6.33. The van der Waals surface area contributed by atoms with E-state index in [0.717, 1.165) is 18.8 Å².